The lowest BCUT2D eigenvalue weighted by atomic mass is 9.69. The molecule has 2 N–H and O–H groups in total. The molecule has 0 bridgehead atoms. The summed E-state index contributed by atoms with van der Waals surface area (Å²) in [6.45, 7) is 9.26. The van der Waals surface area contributed by atoms with E-state index in [-0.39, 0.29) is 0 Å². The Balaban J connectivity index is 2.60. The lowest BCUT2D eigenvalue weighted by Crippen LogP contribution is -2.44. The van der Waals surface area contributed by atoms with E-state index in [1.165, 1.54) is 12.8 Å². The molecule has 0 aromatic carbocycles. The molecule has 1 saturated carbocycles. The number of nitrogens with two attached hydrogens (primary N) is 1. The van der Waals surface area contributed by atoms with Crippen LogP contribution in [0.5, 0.6) is 0 Å². The summed E-state index contributed by atoms with van der Waals surface area (Å²) in [6.07, 6.45) is 2.66. The van der Waals surface area contributed by atoms with Gasteiger partial charge in [-0.25, -0.2) is 0 Å². The van der Waals surface area contributed by atoms with Crippen LogP contribution in [0.25, 0.3) is 0 Å². The van der Waals surface area contributed by atoms with Crippen molar-refractivity contribution in [3.05, 3.63) is 0 Å². The molecule has 1 heteroatoms. The average molecular weight is 169 g/mol. The Kier molecular flexibility index (Phi) is 3.16. The van der Waals surface area contributed by atoms with Crippen molar-refractivity contribution in [2.24, 2.45) is 29.4 Å². The third-order valence-corrected chi connectivity index (χ3v) is 3.46. The summed E-state index contributed by atoms with van der Waals surface area (Å²) in [5.41, 5.74) is 6.19. The van der Waals surface area contributed by atoms with Gasteiger partial charge in [0.2, 0.25) is 0 Å². The zero-order chi connectivity index (χ0) is 9.30. The van der Waals surface area contributed by atoms with Crippen LogP contribution >= 0.6 is 0 Å². The fourth-order valence-electron chi connectivity index (χ4n) is 2.65. The van der Waals surface area contributed by atoms with Gasteiger partial charge in [-0.3, -0.25) is 0 Å². The van der Waals surface area contributed by atoms with Crippen molar-refractivity contribution in [3.63, 3.8) is 0 Å². The van der Waals surface area contributed by atoms with E-state index in [0.717, 1.165) is 23.7 Å². The fourth-order valence-corrected chi connectivity index (χ4v) is 2.65. The van der Waals surface area contributed by atoms with Crippen molar-refractivity contribution in [2.75, 3.05) is 0 Å². The van der Waals surface area contributed by atoms with E-state index in [4.69, 9.17) is 5.73 Å². The maximum Gasteiger partial charge on any atom is 0.00956 e. The van der Waals surface area contributed by atoms with E-state index >= 15 is 0 Å². The molecule has 1 aliphatic rings. The third kappa shape index (κ3) is 2.01. The summed E-state index contributed by atoms with van der Waals surface area (Å²) < 4.78 is 0. The molecule has 4 unspecified atom stereocenters. The van der Waals surface area contributed by atoms with Crippen LogP contribution < -0.4 is 5.73 Å². The maximum atomic E-state index is 6.19. The van der Waals surface area contributed by atoms with E-state index in [9.17, 15) is 0 Å². The molecule has 0 amide bonds. The Labute approximate surface area is 76.7 Å². The molecule has 0 aromatic heterocycles. The topological polar surface area (TPSA) is 26.0 Å². The smallest absolute Gasteiger partial charge is 0.00956 e. The molecule has 0 radical (unpaired) electrons. The van der Waals surface area contributed by atoms with E-state index < -0.39 is 0 Å². The Hall–Kier alpha value is -0.0400. The monoisotopic (exact) mass is 169 g/mol. The van der Waals surface area contributed by atoms with Gasteiger partial charge < -0.3 is 5.73 Å². The largest absolute Gasteiger partial charge is 0.327 e. The molecule has 1 nitrogen and oxygen atoms in total. The lowest BCUT2D eigenvalue weighted by Gasteiger charge is -2.39. The molecule has 0 spiro atoms. The van der Waals surface area contributed by atoms with Gasteiger partial charge in [-0.15, -0.1) is 0 Å². The summed E-state index contributed by atoms with van der Waals surface area (Å²) in [7, 11) is 0. The highest BCUT2D eigenvalue weighted by Gasteiger charge is 2.32. The molecule has 0 heterocycles. The highest BCUT2D eigenvalue weighted by Crippen LogP contribution is 2.35. The molecule has 1 rings (SSSR count). The standard InChI is InChI=1S/C11H23N/c1-7(2)10-6-8(3)5-9(4)11(10)12/h7-11H,5-6,12H2,1-4H3. The Morgan fingerprint density at radius 1 is 1.17 bits per heavy atom. The first-order chi connectivity index (χ1) is 5.52. The van der Waals surface area contributed by atoms with Crippen LogP contribution in [0.15, 0.2) is 0 Å². The molecule has 4 atom stereocenters. The summed E-state index contributed by atoms with van der Waals surface area (Å²) in [6, 6.07) is 0.446. The number of hydrogen-bond donors (Lipinski definition) is 1. The second-order valence-corrected chi connectivity index (χ2v) is 5.04. The van der Waals surface area contributed by atoms with Gasteiger partial charge in [-0.05, 0) is 36.5 Å². The Bertz CT molecular complexity index is 142. The predicted octanol–water partition coefficient (Wildman–Crippen LogP) is 2.65. The quantitative estimate of drug-likeness (QED) is 0.641. The molecule has 72 valence electrons. The van der Waals surface area contributed by atoms with Gasteiger partial charge in [-0.2, -0.15) is 0 Å². The Morgan fingerprint density at radius 2 is 1.75 bits per heavy atom. The normalized spacial score (nSPS) is 43.5. The number of hydrogen-bond acceptors (Lipinski definition) is 1. The summed E-state index contributed by atoms with van der Waals surface area (Å²) >= 11 is 0. The molecule has 0 saturated heterocycles. The van der Waals surface area contributed by atoms with Gasteiger partial charge in [0.25, 0.3) is 0 Å². The van der Waals surface area contributed by atoms with Crippen LogP contribution in [-0.2, 0) is 0 Å². The predicted molar refractivity (Wildman–Crippen MR) is 53.9 cm³/mol. The van der Waals surface area contributed by atoms with Gasteiger partial charge in [0.05, 0.1) is 0 Å². The van der Waals surface area contributed by atoms with Crippen LogP contribution in [0, 0.1) is 23.7 Å². The molecule has 1 fully saturated rings. The number of rotatable bonds is 1. The van der Waals surface area contributed by atoms with Crippen molar-refractivity contribution in [2.45, 2.75) is 46.6 Å². The molecular formula is C11H23N. The second kappa shape index (κ2) is 3.78. The van der Waals surface area contributed by atoms with Crippen molar-refractivity contribution in [1.29, 1.82) is 0 Å². The minimum atomic E-state index is 0.446. The highest BCUT2D eigenvalue weighted by atomic mass is 14.7. The van der Waals surface area contributed by atoms with Crippen LogP contribution in [0.2, 0.25) is 0 Å². The van der Waals surface area contributed by atoms with Gasteiger partial charge in [0.1, 0.15) is 0 Å². The summed E-state index contributed by atoms with van der Waals surface area (Å²) in [5.74, 6) is 3.11. The van der Waals surface area contributed by atoms with E-state index in [2.05, 4.69) is 27.7 Å². The molecule has 0 aliphatic heterocycles. The summed E-state index contributed by atoms with van der Waals surface area (Å²) in [5, 5.41) is 0. The van der Waals surface area contributed by atoms with Crippen molar-refractivity contribution >= 4 is 0 Å². The molecule has 12 heavy (non-hydrogen) atoms. The molecular weight excluding hydrogens is 146 g/mol. The zero-order valence-corrected chi connectivity index (χ0v) is 8.88. The van der Waals surface area contributed by atoms with E-state index in [1.54, 1.807) is 0 Å². The van der Waals surface area contributed by atoms with Gasteiger partial charge in [0, 0.05) is 6.04 Å². The lowest BCUT2D eigenvalue weighted by molar-refractivity contribution is 0.143. The fraction of sp³-hybridized carbons (Fsp3) is 1.00. The van der Waals surface area contributed by atoms with Crippen molar-refractivity contribution in [1.82, 2.24) is 0 Å². The van der Waals surface area contributed by atoms with Gasteiger partial charge >= 0.3 is 0 Å². The average Bonchev–Trinajstić information content (AvgIpc) is 1.96. The van der Waals surface area contributed by atoms with Crippen molar-refractivity contribution < 1.29 is 0 Å². The first-order valence-corrected chi connectivity index (χ1v) is 5.28. The summed E-state index contributed by atoms with van der Waals surface area (Å²) in [4.78, 5) is 0. The van der Waals surface area contributed by atoms with Gasteiger partial charge in [-0.1, -0.05) is 27.7 Å². The van der Waals surface area contributed by atoms with Crippen LogP contribution in [0.1, 0.15) is 40.5 Å². The first kappa shape index (κ1) is 10.0. The van der Waals surface area contributed by atoms with E-state index in [0.29, 0.717) is 6.04 Å². The van der Waals surface area contributed by atoms with Crippen LogP contribution in [0.4, 0.5) is 0 Å². The molecule has 0 aromatic rings. The van der Waals surface area contributed by atoms with Crippen LogP contribution in [0.3, 0.4) is 0 Å². The molecule has 1 aliphatic carbocycles. The Morgan fingerprint density at radius 3 is 2.25 bits per heavy atom. The third-order valence-electron chi connectivity index (χ3n) is 3.46. The highest BCUT2D eigenvalue weighted by molar-refractivity contribution is 4.86. The SMILES string of the molecule is CC1CC(C)C(N)C(C(C)C)C1. The minimum Gasteiger partial charge on any atom is -0.327 e. The second-order valence-electron chi connectivity index (χ2n) is 5.04. The minimum absolute atomic E-state index is 0.446. The zero-order valence-electron chi connectivity index (χ0n) is 8.88. The van der Waals surface area contributed by atoms with E-state index in [1.807, 2.05) is 0 Å². The van der Waals surface area contributed by atoms with Gasteiger partial charge in [0.15, 0.2) is 0 Å². The van der Waals surface area contributed by atoms with Crippen LogP contribution in [-0.4, -0.2) is 6.04 Å². The first-order valence-electron chi connectivity index (χ1n) is 5.28. The maximum absolute atomic E-state index is 6.19. The van der Waals surface area contributed by atoms with Crippen molar-refractivity contribution in [3.8, 4) is 0 Å².